The van der Waals surface area contributed by atoms with Crippen LogP contribution in [0, 0.1) is 12.7 Å². The summed E-state index contributed by atoms with van der Waals surface area (Å²) in [5, 5.41) is 16.5. The van der Waals surface area contributed by atoms with Gasteiger partial charge in [0.05, 0.1) is 26.9 Å². The van der Waals surface area contributed by atoms with E-state index in [-0.39, 0.29) is 32.4 Å². The zero-order chi connectivity index (χ0) is 39.7. The Labute approximate surface area is 333 Å². The molecular weight excluding hydrogens is 751 g/mol. The van der Waals surface area contributed by atoms with Crippen molar-refractivity contribution in [2.24, 2.45) is 0 Å². The number of aliphatic hydroxyl groups is 1. The Morgan fingerprint density at radius 2 is 1.52 bits per heavy atom. The lowest BCUT2D eigenvalue weighted by molar-refractivity contribution is -0.143. The van der Waals surface area contributed by atoms with E-state index >= 15 is 8.78 Å². The fraction of sp³-hybridized carbons (Fsp3) is 0.318. The Bertz CT molecular complexity index is 2100. The van der Waals surface area contributed by atoms with Gasteiger partial charge in [0.1, 0.15) is 17.9 Å². The summed E-state index contributed by atoms with van der Waals surface area (Å²) in [6.07, 6.45) is -0.963. The van der Waals surface area contributed by atoms with Gasteiger partial charge in [0.2, 0.25) is 11.8 Å². The molecule has 0 radical (unpaired) electrons. The number of thioether (sulfide) groups is 1. The molecule has 3 N–H and O–H groups in total. The number of alkyl halides is 1. The molecule has 56 heavy (non-hydrogen) atoms. The van der Waals surface area contributed by atoms with Crippen molar-refractivity contribution < 1.29 is 28.3 Å². The molecule has 5 aromatic rings. The average Bonchev–Trinajstić information content (AvgIpc) is 3.62. The monoisotopic (exact) mass is 794 g/mol. The number of nitrogens with one attached hydrogen (secondary N) is 2. The van der Waals surface area contributed by atoms with Crippen LogP contribution in [-0.4, -0.2) is 67.9 Å². The predicted molar refractivity (Wildman–Crippen MR) is 216 cm³/mol. The van der Waals surface area contributed by atoms with Crippen LogP contribution in [0.25, 0.3) is 10.4 Å². The van der Waals surface area contributed by atoms with Crippen LogP contribution in [0.15, 0.2) is 115 Å². The molecule has 0 bridgehead atoms. The largest absolute Gasteiger partial charge is 0.391 e. The first-order valence-corrected chi connectivity index (χ1v) is 20.3. The smallest absolute Gasteiger partial charge is 0.258 e. The van der Waals surface area contributed by atoms with Crippen molar-refractivity contribution in [3.8, 4) is 10.4 Å². The number of aryl methyl sites for hydroxylation is 1. The quantitative estimate of drug-likeness (QED) is 0.108. The predicted octanol–water partition coefficient (Wildman–Crippen LogP) is 7.33. The highest BCUT2D eigenvalue weighted by Gasteiger charge is 2.55. The van der Waals surface area contributed by atoms with E-state index in [1.807, 2.05) is 112 Å². The second-order valence-corrected chi connectivity index (χ2v) is 17.8. The zero-order valence-electron chi connectivity index (χ0n) is 31.4. The molecule has 1 aromatic heterocycles. The Hall–Kier alpha value is -4.91. The first-order chi connectivity index (χ1) is 26.8. The van der Waals surface area contributed by atoms with Crippen molar-refractivity contribution in [1.82, 2.24) is 20.5 Å². The third-order valence-corrected chi connectivity index (χ3v) is 13.4. The number of carbonyl (C=O) groups excluding carboxylic acids is 3. The van der Waals surface area contributed by atoms with Crippen LogP contribution in [0.3, 0.4) is 0 Å². The first kappa shape index (κ1) is 39.3. The third-order valence-electron chi connectivity index (χ3n) is 10.6. The second kappa shape index (κ2) is 15.9. The van der Waals surface area contributed by atoms with E-state index in [4.69, 9.17) is 0 Å². The number of thiazole rings is 1. The van der Waals surface area contributed by atoms with Gasteiger partial charge in [-0.25, -0.2) is 13.8 Å². The molecule has 2 heterocycles. The van der Waals surface area contributed by atoms with Gasteiger partial charge in [-0.1, -0.05) is 103 Å². The fourth-order valence-corrected chi connectivity index (χ4v) is 10.1. The van der Waals surface area contributed by atoms with Gasteiger partial charge in [0, 0.05) is 29.8 Å². The molecule has 290 valence electrons. The van der Waals surface area contributed by atoms with Gasteiger partial charge >= 0.3 is 0 Å². The normalized spacial score (nSPS) is 18.3. The van der Waals surface area contributed by atoms with Gasteiger partial charge < -0.3 is 20.6 Å². The molecule has 3 atom stereocenters. The summed E-state index contributed by atoms with van der Waals surface area (Å²) in [5.74, 6) is -2.48. The lowest BCUT2D eigenvalue weighted by Crippen LogP contribution is -2.61. The number of amides is 3. The van der Waals surface area contributed by atoms with Crippen LogP contribution < -0.4 is 10.6 Å². The van der Waals surface area contributed by atoms with Gasteiger partial charge in [0.15, 0.2) is 5.67 Å². The third kappa shape index (κ3) is 7.87. The molecule has 12 heteroatoms. The van der Waals surface area contributed by atoms with Gasteiger partial charge in [-0.15, -0.1) is 23.1 Å². The van der Waals surface area contributed by atoms with E-state index in [0.29, 0.717) is 11.1 Å². The number of rotatable bonds is 13. The van der Waals surface area contributed by atoms with E-state index in [1.54, 1.807) is 17.6 Å². The number of carbonyl (C=O) groups is 3. The maximum atomic E-state index is 15.4. The van der Waals surface area contributed by atoms with Crippen molar-refractivity contribution in [2.75, 3.05) is 6.54 Å². The minimum absolute atomic E-state index is 0.0219. The highest BCUT2D eigenvalue weighted by Crippen LogP contribution is 2.54. The van der Waals surface area contributed by atoms with Gasteiger partial charge in [-0.05, 0) is 61.9 Å². The molecule has 2 aliphatic rings. The molecule has 2 fully saturated rings. The lowest BCUT2D eigenvalue weighted by atomic mass is 9.84. The van der Waals surface area contributed by atoms with Gasteiger partial charge in [0.25, 0.3) is 5.91 Å². The molecule has 0 spiro atoms. The number of benzene rings is 4. The lowest BCUT2D eigenvalue weighted by Gasteiger charge is -2.45. The minimum Gasteiger partial charge on any atom is -0.391 e. The zero-order valence-corrected chi connectivity index (χ0v) is 33.0. The van der Waals surface area contributed by atoms with Gasteiger partial charge in [-0.3, -0.25) is 14.4 Å². The highest BCUT2D eigenvalue weighted by molar-refractivity contribution is 8.02. The first-order valence-electron chi connectivity index (χ1n) is 18.6. The molecule has 4 aromatic carbocycles. The van der Waals surface area contributed by atoms with Crippen LogP contribution in [0.2, 0.25) is 0 Å². The SMILES string of the molecule is Cc1ncsc1-c1ccc(CNC(=O)[C@@H]2C[C@@H](O)CN2C(=O)C(NC(=O)C2(F)CC2)C(C)(C)SC(c2ccccc2)(c2ccccc2)c2ccccc2)cc1F. The van der Waals surface area contributed by atoms with Crippen LogP contribution in [0.5, 0.6) is 0 Å². The van der Waals surface area contributed by atoms with Crippen molar-refractivity contribution in [3.63, 3.8) is 0 Å². The molecule has 8 nitrogen and oxygen atoms in total. The van der Waals surface area contributed by atoms with E-state index in [9.17, 15) is 19.5 Å². The van der Waals surface area contributed by atoms with Crippen molar-refractivity contribution in [3.05, 3.63) is 148 Å². The summed E-state index contributed by atoms with van der Waals surface area (Å²) < 4.78 is 28.6. The standard InChI is InChI=1S/C44H44F2N4O4S2/c1-28-37(55-27-48-28)34-20-19-29(23-35(34)45)25-47-39(52)36-24-33(51)26-50(36)40(53)38(49-41(54)43(46)21-22-43)42(2,3)56-44(30-13-7-4-8-14-30,31-15-9-5-10-16-31)32-17-11-6-12-18-32/h4-20,23,27,33,36,38,51H,21-22,24-26H2,1-3H3,(H,47,52)(H,49,54)/t33-,36+,38?/m1/s1. The number of likely N-dealkylation sites (tertiary alicyclic amines) is 1. The molecule has 3 amide bonds. The van der Waals surface area contributed by atoms with Crippen LogP contribution >= 0.6 is 23.1 Å². The number of halogens is 2. The summed E-state index contributed by atoms with van der Waals surface area (Å²) in [6, 6.07) is 32.0. The highest BCUT2D eigenvalue weighted by atomic mass is 32.2. The summed E-state index contributed by atoms with van der Waals surface area (Å²) in [5.41, 5.74) is 4.01. The van der Waals surface area contributed by atoms with Crippen LogP contribution in [-0.2, 0) is 25.7 Å². The second-order valence-electron chi connectivity index (χ2n) is 15.1. The number of aliphatic hydroxyl groups excluding tert-OH is 1. The topological polar surface area (TPSA) is 112 Å². The Kier molecular flexibility index (Phi) is 11.2. The number of aromatic nitrogens is 1. The van der Waals surface area contributed by atoms with Gasteiger partial charge in [-0.2, -0.15) is 0 Å². The summed E-state index contributed by atoms with van der Waals surface area (Å²) in [7, 11) is 0. The van der Waals surface area contributed by atoms with Crippen molar-refractivity contribution >= 4 is 40.8 Å². The van der Waals surface area contributed by atoms with Crippen molar-refractivity contribution in [1.29, 1.82) is 0 Å². The number of hydrogen-bond acceptors (Lipinski definition) is 7. The Morgan fingerprint density at radius 1 is 0.946 bits per heavy atom. The van der Waals surface area contributed by atoms with E-state index in [0.717, 1.165) is 27.3 Å². The fourth-order valence-electron chi connectivity index (χ4n) is 7.47. The van der Waals surface area contributed by atoms with Crippen LogP contribution in [0.1, 0.15) is 61.1 Å². The minimum atomic E-state index is -2.08. The van der Waals surface area contributed by atoms with E-state index < -0.39 is 56.9 Å². The molecule has 1 aliphatic carbocycles. The molecule has 1 saturated carbocycles. The maximum Gasteiger partial charge on any atom is 0.258 e. The maximum absolute atomic E-state index is 15.4. The van der Waals surface area contributed by atoms with E-state index in [2.05, 4.69) is 15.6 Å². The average molecular weight is 795 g/mol. The molecule has 1 unspecified atom stereocenters. The molecular formula is C44H44F2N4O4S2. The molecule has 7 rings (SSSR count). The Morgan fingerprint density at radius 3 is 2.02 bits per heavy atom. The number of β-amino-alcohol motifs (C(OH)–C–C–N with tert-alkyl or cyclic N) is 1. The number of nitrogens with zero attached hydrogens (tertiary/aromatic N) is 2. The summed E-state index contributed by atoms with van der Waals surface area (Å²) in [4.78, 5) is 48.6. The summed E-state index contributed by atoms with van der Waals surface area (Å²) in [6.45, 7) is 5.31. The molecule has 1 saturated heterocycles. The van der Waals surface area contributed by atoms with Crippen molar-refractivity contribution in [2.45, 2.75) is 79.9 Å². The van der Waals surface area contributed by atoms with E-state index in [1.165, 1.54) is 34.1 Å². The Balaban J connectivity index is 1.20. The molecule has 1 aliphatic heterocycles. The number of hydrogen-bond donors (Lipinski definition) is 3. The summed E-state index contributed by atoms with van der Waals surface area (Å²) >= 11 is 2.80. The van der Waals surface area contributed by atoms with Crippen LogP contribution in [0.4, 0.5) is 8.78 Å².